The van der Waals surface area contributed by atoms with Crippen LogP contribution in [0.15, 0.2) is 42.7 Å². The highest BCUT2D eigenvalue weighted by Crippen LogP contribution is 2.30. The number of pyridine rings is 1. The predicted molar refractivity (Wildman–Crippen MR) is 82.0 cm³/mol. The van der Waals surface area contributed by atoms with Crippen molar-refractivity contribution in [3.63, 3.8) is 0 Å². The van der Waals surface area contributed by atoms with Gasteiger partial charge in [-0.1, -0.05) is 12.1 Å². The highest BCUT2D eigenvalue weighted by atomic mass is 19.4. The van der Waals surface area contributed by atoms with Crippen LogP contribution in [-0.2, 0) is 13.2 Å². The number of nitrogens with one attached hydrogen (secondary N) is 1. The quantitative estimate of drug-likeness (QED) is 0.788. The molecule has 2 aromatic heterocycles. The van der Waals surface area contributed by atoms with E-state index in [0.29, 0.717) is 5.95 Å². The molecule has 0 spiro atoms. The number of rotatable bonds is 3. The first-order chi connectivity index (χ1) is 10.9. The molecule has 0 aliphatic heterocycles. The lowest BCUT2D eigenvalue weighted by Gasteiger charge is -2.16. The molecule has 3 rings (SSSR count). The van der Waals surface area contributed by atoms with E-state index in [-0.39, 0.29) is 6.04 Å². The predicted octanol–water partition coefficient (Wildman–Crippen LogP) is 4.16. The molecule has 1 atom stereocenters. The van der Waals surface area contributed by atoms with Crippen LogP contribution in [0, 0.1) is 0 Å². The molecule has 1 N–H and O–H groups in total. The maximum atomic E-state index is 12.6. The van der Waals surface area contributed by atoms with E-state index >= 15 is 0 Å². The van der Waals surface area contributed by atoms with Crippen molar-refractivity contribution in [3.8, 4) is 0 Å². The maximum Gasteiger partial charge on any atom is 0.416 e. The van der Waals surface area contributed by atoms with Gasteiger partial charge in [-0.15, -0.1) is 0 Å². The van der Waals surface area contributed by atoms with E-state index in [9.17, 15) is 13.2 Å². The lowest BCUT2D eigenvalue weighted by Crippen LogP contribution is -2.11. The number of aryl methyl sites for hydroxylation is 1. The van der Waals surface area contributed by atoms with Crippen LogP contribution < -0.4 is 5.32 Å². The third-order valence-corrected chi connectivity index (χ3v) is 3.77. The molecular formula is C16H15F3N4. The molecule has 7 heteroatoms. The lowest BCUT2D eigenvalue weighted by molar-refractivity contribution is -0.137. The molecule has 0 fully saturated rings. The van der Waals surface area contributed by atoms with Gasteiger partial charge >= 0.3 is 6.18 Å². The summed E-state index contributed by atoms with van der Waals surface area (Å²) in [7, 11) is 1.87. The zero-order valence-electron chi connectivity index (χ0n) is 12.6. The third-order valence-electron chi connectivity index (χ3n) is 3.77. The largest absolute Gasteiger partial charge is 0.416 e. The minimum atomic E-state index is -4.32. The highest BCUT2D eigenvalue weighted by Gasteiger charge is 2.30. The Bertz CT molecular complexity index is 821. The van der Waals surface area contributed by atoms with Crippen molar-refractivity contribution in [1.82, 2.24) is 14.5 Å². The van der Waals surface area contributed by atoms with Crippen LogP contribution in [0.3, 0.4) is 0 Å². The number of halogens is 3. The fraction of sp³-hybridized carbons (Fsp3) is 0.250. The van der Waals surface area contributed by atoms with Gasteiger partial charge in [0.15, 0.2) is 0 Å². The second-order valence-corrected chi connectivity index (χ2v) is 5.34. The molecule has 120 valence electrons. The summed E-state index contributed by atoms with van der Waals surface area (Å²) >= 11 is 0. The molecule has 0 radical (unpaired) electrons. The van der Waals surface area contributed by atoms with Gasteiger partial charge in [0, 0.05) is 13.2 Å². The van der Waals surface area contributed by atoms with Gasteiger partial charge in [0.2, 0.25) is 5.95 Å². The Morgan fingerprint density at radius 3 is 2.43 bits per heavy atom. The monoisotopic (exact) mass is 320 g/mol. The van der Waals surface area contributed by atoms with Crippen LogP contribution in [0.5, 0.6) is 0 Å². The van der Waals surface area contributed by atoms with Crippen LogP contribution in [-0.4, -0.2) is 14.5 Å². The number of nitrogens with zero attached hydrogens (tertiary/aromatic N) is 3. The number of benzene rings is 1. The molecule has 23 heavy (non-hydrogen) atoms. The SMILES string of the molecule is C[C@@H](Nc1nc2cnccc2n1C)c1ccc(C(F)(F)F)cc1. The minimum Gasteiger partial charge on any atom is -0.349 e. The van der Waals surface area contributed by atoms with Gasteiger partial charge in [-0.2, -0.15) is 13.2 Å². The van der Waals surface area contributed by atoms with Crippen LogP contribution in [0.2, 0.25) is 0 Å². The van der Waals surface area contributed by atoms with Crippen LogP contribution in [0.4, 0.5) is 19.1 Å². The molecule has 2 heterocycles. The first-order valence-corrected chi connectivity index (χ1v) is 7.06. The topological polar surface area (TPSA) is 42.7 Å². The summed E-state index contributed by atoms with van der Waals surface area (Å²) in [5.41, 5.74) is 1.80. The molecular weight excluding hydrogens is 305 g/mol. The average molecular weight is 320 g/mol. The molecule has 4 nitrogen and oxygen atoms in total. The zero-order valence-corrected chi connectivity index (χ0v) is 12.6. The molecule has 0 amide bonds. The summed E-state index contributed by atoms with van der Waals surface area (Å²) in [5.74, 6) is 0.639. The van der Waals surface area contributed by atoms with Gasteiger partial charge in [0.25, 0.3) is 0 Å². The average Bonchev–Trinajstić information content (AvgIpc) is 2.83. The van der Waals surface area contributed by atoms with E-state index in [0.717, 1.165) is 28.7 Å². The highest BCUT2D eigenvalue weighted by molar-refractivity contribution is 5.77. The van der Waals surface area contributed by atoms with Gasteiger partial charge in [0.1, 0.15) is 5.52 Å². The van der Waals surface area contributed by atoms with Gasteiger partial charge in [-0.3, -0.25) is 4.98 Å². The van der Waals surface area contributed by atoms with E-state index in [1.165, 1.54) is 12.1 Å². The summed E-state index contributed by atoms with van der Waals surface area (Å²) in [5, 5.41) is 3.22. The van der Waals surface area contributed by atoms with Crippen molar-refractivity contribution < 1.29 is 13.2 Å². The van der Waals surface area contributed by atoms with Gasteiger partial charge in [-0.05, 0) is 30.7 Å². The van der Waals surface area contributed by atoms with Crippen molar-refractivity contribution >= 4 is 17.0 Å². The second-order valence-electron chi connectivity index (χ2n) is 5.34. The minimum absolute atomic E-state index is 0.180. The number of hydrogen-bond donors (Lipinski definition) is 1. The van der Waals surface area contributed by atoms with E-state index in [1.807, 2.05) is 24.6 Å². The Kier molecular flexibility index (Phi) is 3.71. The normalized spacial score (nSPS) is 13.3. The van der Waals surface area contributed by atoms with Gasteiger partial charge in [0.05, 0.1) is 23.3 Å². The Labute approximate surface area is 131 Å². The van der Waals surface area contributed by atoms with E-state index in [4.69, 9.17) is 0 Å². The van der Waals surface area contributed by atoms with E-state index < -0.39 is 11.7 Å². The second kappa shape index (κ2) is 5.57. The summed E-state index contributed by atoms with van der Waals surface area (Å²) in [6.45, 7) is 1.88. The number of imidazole rings is 1. The molecule has 0 aliphatic carbocycles. The fourth-order valence-corrected chi connectivity index (χ4v) is 2.42. The smallest absolute Gasteiger partial charge is 0.349 e. The van der Waals surface area contributed by atoms with Crippen molar-refractivity contribution in [2.45, 2.75) is 19.1 Å². The fourth-order valence-electron chi connectivity index (χ4n) is 2.42. The number of hydrogen-bond acceptors (Lipinski definition) is 3. The maximum absolute atomic E-state index is 12.6. The Morgan fingerprint density at radius 2 is 1.83 bits per heavy atom. The van der Waals surface area contributed by atoms with Crippen molar-refractivity contribution in [2.24, 2.45) is 7.05 Å². The number of anilines is 1. The molecule has 0 aliphatic rings. The lowest BCUT2D eigenvalue weighted by atomic mass is 10.1. The molecule has 0 unspecified atom stereocenters. The number of alkyl halides is 3. The third kappa shape index (κ3) is 2.99. The van der Waals surface area contributed by atoms with Crippen molar-refractivity contribution in [2.75, 3.05) is 5.32 Å². The standard InChI is InChI=1S/C16H15F3N4/c1-10(11-3-5-12(6-4-11)16(17,18)19)21-15-22-13-9-20-8-7-14(13)23(15)2/h3-10H,1-2H3,(H,21,22)/t10-/m1/s1. The van der Waals surface area contributed by atoms with Crippen LogP contribution >= 0.6 is 0 Å². The Morgan fingerprint density at radius 1 is 1.13 bits per heavy atom. The van der Waals surface area contributed by atoms with E-state index in [2.05, 4.69) is 15.3 Å². The van der Waals surface area contributed by atoms with Gasteiger partial charge in [-0.25, -0.2) is 4.98 Å². The summed E-state index contributed by atoms with van der Waals surface area (Å²) in [6, 6.07) is 6.81. The number of fused-ring (bicyclic) bond motifs is 1. The molecule has 1 aromatic carbocycles. The zero-order chi connectivity index (χ0) is 16.6. The molecule has 0 saturated carbocycles. The van der Waals surface area contributed by atoms with Crippen LogP contribution in [0.25, 0.3) is 11.0 Å². The Hall–Kier alpha value is -2.57. The number of aromatic nitrogens is 3. The first-order valence-electron chi connectivity index (χ1n) is 7.06. The van der Waals surface area contributed by atoms with Crippen molar-refractivity contribution in [3.05, 3.63) is 53.9 Å². The van der Waals surface area contributed by atoms with E-state index in [1.54, 1.807) is 12.4 Å². The Balaban J connectivity index is 1.83. The first kappa shape index (κ1) is 15.3. The molecule has 0 bridgehead atoms. The molecule has 0 saturated heterocycles. The summed E-state index contributed by atoms with van der Waals surface area (Å²) in [6.07, 6.45) is -0.962. The van der Waals surface area contributed by atoms with Gasteiger partial charge < -0.3 is 9.88 Å². The van der Waals surface area contributed by atoms with Crippen LogP contribution in [0.1, 0.15) is 24.1 Å². The molecule has 3 aromatic rings. The van der Waals surface area contributed by atoms with Crippen molar-refractivity contribution in [1.29, 1.82) is 0 Å². The summed E-state index contributed by atoms with van der Waals surface area (Å²) < 4.78 is 39.7. The summed E-state index contributed by atoms with van der Waals surface area (Å²) in [4.78, 5) is 8.47.